The molecule has 3 unspecified atom stereocenters. The highest BCUT2D eigenvalue weighted by molar-refractivity contribution is 5.88. The Morgan fingerprint density at radius 3 is 2.50 bits per heavy atom. The summed E-state index contributed by atoms with van der Waals surface area (Å²) < 4.78 is 5.62. The van der Waals surface area contributed by atoms with Crippen LogP contribution in [0.25, 0.3) is 0 Å². The van der Waals surface area contributed by atoms with Gasteiger partial charge >= 0.3 is 5.97 Å². The number of carbonyl (C=O) groups is 3. The molecule has 0 aromatic heterocycles. The molecule has 7 nitrogen and oxygen atoms in total. The van der Waals surface area contributed by atoms with Crippen molar-refractivity contribution in [2.75, 3.05) is 13.2 Å². The predicted octanol–water partition coefficient (Wildman–Crippen LogP) is 10.1. The van der Waals surface area contributed by atoms with Gasteiger partial charge < -0.3 is 14.5 Å². The van der Waals surface area contributed by atoms with Crippen LogP contribution in [0.3, 0.4) is 0 Å². The Hall–Kier alpha value is -2.18. The third-order valence-electron chi connectivity index (χ3n) is 14.2. The van der Waals surface area contributed by atoms with Crippen LogP contribution in [0.15, 0.2) is 16.8 Å². The van der Waals surface area contributed by atoms with E-state index in [0.717, 1.165) is 66.9 Å². The lowest BCUT2D eigenvalue weighted by Gasteiger charge is -2.58. The number of likely N-dealkylation sites (tertiary alicyclic amines) is 1. The predicted molar refractivity (Wildman–Crippen MR) is 203 cm³/mol. The summed E-state index contributed by atoms with van der Waals surface area (Å²) >= 11 is 0. The number of fused-ring (bicyclic) bond motifs is 5. The number of allylic oxidation sites excluding steroid dienone is 2. The highest BCUT2D eigenvalue weighted by Crippen LogP contribution is 2.67. The van der Waals surface area contributed by atoms with E-state index in [1.165, 1.54) is 51.4 Å². The molecule has 0 aromatic rings. The highest BCUT2D eigenvalue weighted by atomic mass is 16.6. The summed E-state index contributed by atoms with van der Waals surface area (Å²) in [4.78, 5) is 44.6. The lowest BCUT2D eigenvalue weighted by molar-refractivity contribution is -0.150. The number of oxime groups is 1. The average molecular weight is 697 g/mol. The average Bonchev–Trinajstić information content (AvgIpc) is 3.65. The Balaban J connectivity index is 0.00000562. The number of amides is 1. The summed E-state index contributed by atoms with van der Waals surface area (Å²) in [5.74, 6) is 4.77. The largest absolute Gasteiger partial charge is 0.460 e. The zero-order valence-electron chi connectivity index (χ0n) is 32.1. The van der Waals surface area contributed by atoms with Crippen LogP contribution in [0.1, 0.15) is 165 Å². The van der Waals surface area contributed by atoms with Crippen LogP contribution in [0.5, 0.6) is 0 Å². The first-order valence-corrected chi connectivity index (χ1v) is 20.3. The molecule has 284 valence electrons. The van der Waals surface area contributed by atoms with E-state index in [1.54, 1.807) is 12.5 Å². The Kier molecular flexibility index (Phi) is 14.3. The van der Waals surface area contributed by atoms with E-state index in [-0.39, 0.29) is 68.5 Å². The summed E-state index contributed by atoms with van der Waals surface area (Å²) in [5, 5.41) is 4.58. The van der Waals surface area contributed by atoms with Gasteiger partial charge in [-0.25, -0.2) is 0 Å². The van der Waals surface area contributed by atoms with Crippen LogP contribution in [-0.2, 0) is 24.0 Å². The van der Waals surface area contributed by atoms with Crippen molar-refractivity contribution in [1.82, 2.24) is 4.90 Å². The zero-order chi connectivity index (χ0) is 35.3. The first-order valence-electron chi connectivity index (χ1n) is 20.3. The van der Waals surface area contributed by atoms with Gasteiger partial charge in [0.05, 0.1) is 25.1 Å². The van der Waals surface area contributed by atoms with Crippen LogP contribution in [-0.4, -0.2) is 53.6 Å². The van der Waals surface area contributed by atoms with Crippen molar-refractivity contribution < 1.29 is 24.0 Å². The molecule has 0 spiro atoms. The first-order chi connectivity index (χ1) is 23.4. The third-order valence-corrected chi connectivity index (χ3v) is 14.2. The number of ketones is 1. The van der Waals surface area contributed by atoms with Crippen molar-refractivity contribution >= 4 is 23.4 Å². The van der Waals surface area contributed by atoms with Gasteiger partial charge in [0.25, 0.3) is 0 Å². The molecule has 50 heavy (non-hydrogen) atoms. The van der Waals surface area contributed by atoms with Crippen LogP contribution in [0.4, 0.5) is 0 Å². The molecule has 4 aliphatic carbocycles. The molecule has 1 amide bonds. The van der Waals surface area contributed by atoms with Gasteiger partial charge in [0.1, 0.15) is 18.5 Å². The fourth-order valence-electron chi connectivity index (χ4n) is 11.3. The number of Topliss-reactive ketones (excluding diaryl/α,β-unsaturated/α-hetero) is 1. The second-order valence-corrected chi connectivity index (χ2v) is 17.6. The minimum atomic E-state index is -0.353. The Morgan fingerprint density at radius 1 is 1.00 bits per heavy atom. The third kappa shape index (κ3) is 8.88. The number of esters is 1. The lowest BCUT2D eigenvalue weighted by atomic mass is 9.47. The van der Waals surface area contributed by atoms with Crippen molar-refractivity contribution in [1.29, 1.82) is 0 Å². The first kappa shape index (κ1) is 40.6. The monoisotopic (exact) mass is 697 g/mol. The van der Waals surface area contributed by atoms with Gasteiger partial charge in [0.2, 0.25) is 5.91 Å². The van der Waals surface area contributed by atoms with E-state index in [4.69, 9.17) is 9.57 Å². The summed E-state index contributed by atoms with van der Waals surface area (Å²) in [7, 11) is 0. The smallest absolute Gasteiger partial charge is 0.306 e. The van der Waals surface area contributed by atoms with Crippen molar-refractivity contribution in [2.45, 2.75) is 177 Å². The van der Waals surface area contributed by atoms with Gasteiger partial charge in [-0.2, -0.15) is 0 Å². The topological polar surface area (TPSA) is 85.3 Å². The molecule has 0 radical (unpaired) electrons. The van der Waals surface area contributed by atoms with Crippen LogP contribution in [0, 0.1) is 46.3 Å². The van der Waals surface area contributed by atoms with Crippen molar-refractivity contribution in [2.24, 2.45) is 51.5 Å². The van der Waals surface area contributed by atoms with Gasteiger partial charge in [-0.15, -0.1) is 0 Å². The molecule has 9 atom stereocenters. The summed E-state index contributed by atoms with van der Waals surface area (Å²) in [6, 6.07) is 0.0536. The van der Waals surface area contributed by atoms with E-state index in [9.17, 15) is 14.4 Å². The second-order valence-electron chi connectivity index (χ2n) is 17.6. The summed E-state index contributed by atoms with van der Waals surface area (Å²) in [5.41, 5.74) is 3.49. The minimum Gasteiger partial charge on any atom is -0.460 e. The maximum absolute atomic E-state index is 13.1. The molecule has 1 saturated heterocycles. The Bertz CT molecular complexity index is 1240. The molecule has 0 bridgehead atoms. The van der Waals surface area contributed by atoms with E-state index in [1.807, 2.05) is 4.90 Å². The second kappa shape index (κ2) is 17.6. The SMILES string of the molecule is C.CCC(=O)CCC(=O)O[C@@H]1C[C@@H](CC)N(C(=O)CCO/N=C2\CC[C@@]3(C)C(=CCC4C3CC[C@@]3(C)C4CC[C@@H]3[C@H](C)CCCC(C)C)C2)C1. The van der Waals surface area contributed by atoms with Crippen LogP contribution >= 0.6 is 0 Å². The highest BCUT2D eigenvalue weighted by Gasteiger charge is 2.59. The van der Waals surface area contributed by atoms with E-state index in [2.05, 4.69) is 52.8 Å². The van der Waals surface area contributed by atoms with E-state index >= 15 is 0 Å². The van der Waals surface area contributed by atoms with Crippen molar-refractivity contribution in [3.05, 3.63) is 11.6 Å². The molecular formula is C43H72N2O5. The van der Waals surface area contributed by atoms with Crippen LogP contribution in [0.2, 0.25) is 0 Å². The summed E-state index contributed by atoms with van der Waals surface area (Å²) in [6.07, 6.45) is 18.8. The van der Waals surface area contributed by atoms with Gasteiger partial charge in [0, 0.05) is 31.7 Å². The molecule has 7 heteroatoms. The zero-order valence-corrected chi connectivity index (χ0v) is 32.1. The molecule has 0 aromatic carbocycles. The van der Waals surface area contributed by atoms with Gasteiger partial charge in [-0.05, 0) is 97.7 Å². The van der Waals surface area contributed by atoms with Crippen molar-refractivity contribution in [3.63, 3.8) is 0 Å². The molecular weight excluding hydrogens is 624 g/mol. The summed E-state index contributed by atoms with van der Waals surface area (Å²) in [6.45, 7) is 17.1. The van der Waals surface area contributed by atoms with Gasteiger partial charge in [-0.3, -0.25) is 14.4 Å². The number of rotatable bonds is 15. The maximum atomic E-state index is 13.1. The van der Waals surface area contributed by atoms with Crippen LogP contribution < -0.4 is 0 Å². The molecule has 1 aliphatic heterocycles. The van der Waals surface area contributed by atoms with E-state index in [0.29, 0.717) is 24.8 Å². The fourth-order valence-corrected chi connectivity index (χ4v) is 11.3. The number of ether oxygens (including phenoxy) is 1. The molecule has 3 saturated carbocycles. The molecule has 1 heterocycles. The number of carbonyl (C=O) groups excluding carboxylic acids is 3. The lowest BCUT2D eigenvalue weighted by Crippen LogP contribution is -2.50. The normalized spacial score (nSPS) is 34.7. The quantitative estimate of drug-likeness (QED) is 0.0736. The standard InChI is InChI=1S/C42H68N2O5.CH4/c1-8-32-26-34(49-40(47)18-14-33(45)9-2)27-44(32)39(46)21-24-48-43-31-19-22-41(6)30(25-31)13-15-35-37-17-16-36(29(5)12-10-11-28(3)4)42(37,7)23-20-38(35)41;/h13,28-29,32,34-38H,8-12,14-27H2,1-7H3;1H4/b43-31+;/t29-,32-,34-,35?,36-,37?,38?,41+,42-;/m1./s1. The molecule has 4 fully saturated rings. The minimum absolute atomic E-state index is 0. The molecule has 5 rings (SSSR count). The maximum Gasteiger partial charge on any atom is 0.306 e. The van der Waals surface area contributed by atoms with Gasteiger partial charge in [0.15, 0.2) is 0 Å². The molecule has 0 N–H and O–H groups in total. The number of hydrogen-bond acceptors (Lipinski definition) is 6. The Morgan fingerprint density at radius 2 is 1.78 bits per heavy atom. The fraction of sp³-hybridized carbons (Fsp3) is 0.860. The molecule has 5 aliphatic rings. The number of hydrogen-bond donors (Lipinski definition) is 0. The number of nitrogens with zero attached hydrogens (tertiary/aromatic N) is 2. The Labute approximate surface area is 305 Å². The van der Waals surface area contributed by atoms with Gasteiger partial charge in [-0.1, -0.05) is 92.0 Å². The van der Waals surface area contributed by atoms with Crippen molar-refractivity contribution in [3.8, 4) is 0 Å². The van der Waals surface area contributed by atoms with E-state index < -0.39 is 0 Å².